The van der Waals surface area contributed by atoms with Gasteiger partial charge in [-0.1, -0.05) is 43.0 Å². The van der Waals surface area contributed by atoms with E-state index in [0.29, 0.717) is 5.69 Å². The number of hydrogen-bond donors (Lipinski definition) is 3. The number of para-hydroxylation sites is 1. The first-order valence-electron chi connectivity index (χ1n) is 9.48. The molecule has 0 aliphatic carbocycles. The van der Waals surface area contributed by atoms with Crippen molar-refractivity contribution in [2.24, 2.45) is 0 Å². The van der Waals surface area contributed by atoms with Gasteiger partial charge in [-0.2, -0.15) is 0 Å². The van der Waals surface area contributed by atoms with Gasteiger partial charge in [0.05, 0.1) is 5.94 Å². The fraction of sp³-hybridized carbons (Fsp3) is 0.273. The van der Waals surface area contributed by atoms with E-state index in [-0.39, 0.29) is 6.42 Å². The van der Waals surface area contributed by atoms with Crippen LogP contribution >= 0.6 is 0 Å². The van der Waals surface area contributed by atoms with Crippen molar-refractivity contribution in [3.05, 3.63) is 77.9 Å². The summed E-state index contributed by atoms with van der Waals surface area (Å²) in [5.41, 5.74) is 3.64. The molecule has 0 spiro atoms. The second-order valence-corrected chi connectivity index (χ2v) is 7.08. The van der Waals surface area contributed by atoms with Crippen LogP contribution in [0, 0.1) is 13.8 Å². The van der Waals surface area contributed by atoms with Crippen LogP contribution in [-0.2, 0) is 16.0 Å². The van der Waals surface area contributed by atoms with Crippen molar-refractivity contribution in [2.75, 3.05) is 4.90 Å². The molecule has 3 N–H and O–H groups in total. The molecule has 6 nitrogen and oxygen atoms in total. The third-order valence-corrected chi connectivity index (χ3v) is 4.93. The average Bonchev–Trinajstić information content (AvgIpc) is 2.70. The van der Waals surface area contributed by atoms with E-state index in [1.807, 2.05) is 38.1 Å². The summed E-state index contributed by atoms with van der Waals surface area (Å²) in [5, 5.41) is 22.2. The summed E-state index contributed by atoms with van der Waals surface area (Å²) in [6.07, 6.45) is 1.39. The van der Waals surface area contributed by atoms with Crippen molar-refractivity contribution in [1.29, 1.82) is 0 Å². The van der Waals surface area contributed by atoms with Crippen molar-refractivity contribution in [2.45, 2.75) is 39.2 Å². The van der Waals surface area contributed by atoms with E-state index in [0.717, 1.165) is 22.8 Å². The molecule has 2 aromatic carbocycles. The fourth-order valence-corrected chi connectivity index (χ4v) is 3.06. The minimum Gasteiger partial charge on any atom is -0.426 e. The van der Waals surface area contributed by atoms with Crippen LogP contribution < -0.4 is 10.2 Å². The summed E-state index contributed by atoms with van der Waals surface area (Å²) in [6, 6.07) is 13.7. The van der Waals surface area contributed by atoms with Gasteiger partial charge in [-0.05, 0) is 62.1 Å². The standard InChI is InChI=1S/C22H27BN2O4/c1-5-21(26)25(19-9-7-6-8-10-19)17(4)22(27)24-20(23(28)29)14-18-12-11-15(2)16(3)13-18/h5-13,17,20,28-29H,1,14H2,2-4H3,(H,24,27). The lowest BCUT2D eigenvalue weighted by molar-refractivity contribution is -0.125. The van der Waals surface area contributed by atoms with E-state index in [2.05, 4.69) is 11.9 Å². The van der Waals surface area contributed by atoms with Gasteiger partial charge in [0.1, 0.15) is 6.04 Å². The maximum absolute atomic E-state index is 12.8. The van der Waals surface area contributed by atoms with Gasteiger partial charge in [-0.3, -0.25) is 14.5 Å². The monoisotopic (exact) mass is 394 g/mol. The molecule has 2 amide bonds. The zero-order chi connectivity index (χ0) is 21.6. The van der Waals surface area contributed by atoms with Crippen LogP contribution in [0.25, 0.3) is 0 Å². The van der Waals surface area contributed by atoms with Crippen molar-refractivity contribution in [3.63, 3.8) is 0 Å². The van der Waals surface area contributed by atoms with E-state index >= 15 is 0 Å². The lowest BCUT2D eigenvalue weighted by Crippen LogP contribution is -2.55. The van der Waals surface area contributed by atoms with Gasteiger partial charge in [-0.25, -0.2) is 0 Å². The van der Waals surface area contributed by atoms with Crippen molar-refractivity contribution < 1.29 is 19.6 Å². The van der Waals surface area contributed by atoms with Crippen molar-refractivity contribution in [1.82, 2.24) is 5.32 Å². The first-order chi connectivity index (χ1) is 13.7. The van der Waals surface area contributed by atoms with Gasteiger partial charge in [0.2, 0.25) is 5.91 Å². The number of nitrogens with one attached hydrogen (secondary N) is 1. The highest BCUT2D eigenvalue weighted by Crippen LogP contribution is 2.18. The van der Waals surface area contributed by atoms with Gasteiger partial charge >= 0.3 is 7.12 Å². The molecule has 2 atom stereocenters. The smallest absolute Gasteiger partial charge is 0.426 e. The number of amides is 2. The zero-order valence-corrected chi connectivity index (χ0v) is 17.0. The lowest BCUT2D eigenvalue weighted by atomic mass is 9.75. The second-order valence-electron chi connectivity index (χ2n) is 7.08. The quantitative estimate of drug-likeness (QED) is 0.472. The Kier molecular flexibility index (Phi) is 7.76. The SMILES string of the molecule is C=CC(=O)N(c1ccccc1)C(C)C(=O)NC(Cc1ccc(C)c(C)c1)B(O)O. The van der Waals surface area contributed by atoms with Crippen LogP contribution in [0.3, 0.4) is 0 Å². The normalized spacial score (nSPS) is 12.6. The molecule has 0 saturated heterocycles. The minimum absolute atomic E-state index is 0.248. The second kappa shape index (κ2) is 10.0. The Hall–Kier alpha value is -2.90. The molecule has 2 aromatic rings. The van der Waals surface area contributed by atoms with Crippen LogP contribution in [-0.4, -0.2) is 41.0 Å². The number of carbonyl (C=O) groups is 2. The Morgan fingerprint density at radius 2 is 1.79 bits per heavy atom. The Bertz CT molecular complexity index is 870. The van der Waals surface area contributed by atoms with Crippen LogP contribution in [0.4, 0.5) is 5.69 Å². The van der Waals surface area contributed by atoms with Crippen molar-refractivity contribution >= 4 is 24.6 Å². The molecule has 29 heavy (non-hydrogen) atoms. The predicted octanol–water partition coefficient (Wildman–Crippen LogP) is 1.95. The summed E-state index contributed by atoms with van der Waals surface area (Å²) in [4.78, 5) is 26.5. The topological polar surface area (TPSA) is 89.9 Å². The van der Waals surface area contributed by atoms with Gasteiger partial charge in [0.25, 0.3) is 5.91 Å². The van der Waals surface area contributed by atoms with Gasteiger partial charge < -0.3 is 15.4 Å². The third kappa shape index (κ3) is 5.79. The molecule has 0 heterocycles. The van der Waals surface area contributed by atoms with Gasteiger partial charge in [-0.15, -0.1) is 0 Å². The van der Waals surface area contributed by atoms with E-state index in [9.17, 15) is 19.6 Å². The summed E-state index contributed by atoms with van der Waals surface area (Å²) in [6.45, 7) is 9.06. The zero-order valence-electron chi connectivity index (χ0n) is 17.0. The Morgan fingerprint density at radius 1 is 1.14 bits per heavy atom. The Morgan fingerprint density at radius 3 is 2.34 bits per heavy atom. The molecule has 0 saturated carbocycles. The van der Waals surface area contributed by atoms with E-state index in [4.69, 9.17) is 0 Å². The maximum Gasteiger partial charge on any atom is 0.475 e. The van der Waals surface area contributed by atoms with Gasteiger partial charge in [0.15, 0.2) is 0 Å². The first-order valence-corrected chi connectivity index (χ1v) is 9.48. The average molecular weight is 394 g/mol. The highest BCUT2D eigenvalue weighted by Gasteiger charge is 2.31. The van der Waals surface area contributed by atoms with Crippen LogP contribution in [0.15, 0.2) is 61.2 Å². The number of hydrogen-bond acceptors (Lipinski definition) is 4. The Labute approximate surface area is 172 Å². The van der Waals surface area contributed by atoms with E-state index in [1.54, 1.807) is 31.2 Å². The van der Waals surface area contributed by atoms with Crippen LogP contribution in [0.1, 0.15) is 23.6 Å². The predicted molar refractivity (Wildman–Crippen MR) is 115 cm³/mol. The molecule has 2 rings (SSSR count). The fourth-order valence-electron chi connectivity index (χ4n) is 3.06. The van der Waals surface area contributed by atoms with Gasteiger partial charge in [0, 0.05) is 5.69 Å². The molecule has 7 heteroatoms. The number of rotatable bonds is 8. The van der Waals surface area contributed by atoms with Crippen molar-refractivity contribution in [3.8, 4) is 0 Å². The number of anilines is 1. The largest absolute Gasteiger partial charge is 0.475 e. The molecule has 0 fully saturated rings. The number of nitrogens with zero attached hydrogens (tertiary/aromatic N) is 1. The highest BCUT2D eigenvalue weighted by molar-refractivity contribution is 6.43. The van der Waals surface area contributed by atoms with E-state index < -0.39 is 30.9 Å². The number of carbonyl (C=O) groups excluding carboxylic acids is 2. The molecule has 0 radical (unpaired) electrons. The lowest BCUT2D eigenvalue weighted by Gasteiger charge is -2.29. The number of aryl methyl sites for hydroxylation is 2. The number of benzene rings is 2. The molecule has 2 unspecified atom stereocenters. The minimum atomic E-state index is -1.74. The molecule has 0 aromatic heterocycles. The summed E-state index contributed by atoms with van der Waals surface area (Å²) >= 11 is 0. The highest BCUT2D eigenvalue weighted by atomic mass is 16.4. The molecular weight excluding hydrogens is 367 g/mol. The summed E-state index contributed by atoms with van der Waals surface area (Å²) in [5.74, 6) is -1.83. The molecule has 0 bridgehead atoms. The maximum atomic E-state index is 12.8. The molecule has 0 aliphatic heterocycles. The third-order valence-electron chi connectivity index (χ3n) is 4.93. The van der Waals surface area contributed by atoms with Crippen LogP contribution in [0.5, 0.6) is 0 Å². The van der Waals surface area contributed by atoms with E-state index in [1.165, 1.54) is 4.90 Å². The molecule has 0 aliphatic rings. The summed E-state index contributed by atoms with van der Waals surface area (Å²) in [7, 11) is -1.74. The van der Waals surface area contributed by atoms with Crippen LogP contribution in [0.2, 0.25) is 0 Å². The Balaban J connectivity index is 2.19. The molecule has 152 valence electrons. The molecular formula is C22H27BN2O4. The summed E-state index contributed by atoms with van der Waals surface area (Å²) < 4.78 is 0. The first kappa shape index (κ1) is 22.4.